The molecule has 2 atom stereocenters. The van der Waals surface area contributed by atoms with Crippen molar-refractivity contribution in [2.75, 3.05) is 0 Å². The molecule has 2 aromatic rings. The van der Waals surface area contributed by atoms with Crippen LogP contribution in [0, 0.1) is 0 Å². The maximum Gasteiger partial charge on any atom is 0.121 e. The monoisotopic (exact) mass is 279 g/mol. The van der Waals surface area contributed by atoms with Crippen LogP contribution >= 0.6 is 11.6 Å². The van der Waals surface area contributed by atoms with E-state index in [1.807, 2.05) is 42.9 Å². The van der Waals surface area contributed by atoms with Crippen LogP contribution in [0.5, 0.6) is 5.75 Å². The molecule has 1 aromatic heterocycles. The minimum absolute atomic E-state index is 0.116. The fourth-order valence-corrected chi connectivity index (χ4v) is 1.99. The number of aromatic nitrogens is 2. The van der Waals surface area contributed by atoms with E-state index in [2.05, 4.69) is 4.98 Å². The summed E-state index contributed by atoms with van der Waals surface area (Å²) < 4.78 is 7.76. The van der Waals surface area contributed by atoms with Gasteiger partial charge in [0, 0.05) is 36.9 Å². The number of aryl methyl sites for hydroxylation is 1. The zero-order chi connectivity index (χ0) is 13.8. The van der Waals surface area contributed by atoms with Crippen LogP contribution in [0.1, 0.15) is 12.7 Å². The Morgan fingerprint density at radius 1 is 1.47 bits per heavy atom. The molecule has 2 N–H and O–H groups in total. The first-order chi connectivity index (χ1) is 9.06. The summed E-state index contributed by atoms with van der Waals surface area (Å²) >= 11 is 5.92. The molecular formula is C14H18ClN3O. The van der Waals surface area contributed by atoms with Crippen molar-refractivity contribution in [3.63, 3.8) is 0 Å². The summed E-state index contributed by atoms with van der Waals surface area (Å²) in [4.78, 5) is 4.27. The highest BCUT2D eigenvalue weighted by Crippen LogP contribution is 2.19. The molecule has 0 bridgehead atoms. The van der Waals surface area contributed by atoms with Gasteiger partial charge in [-0.3, -0.25) is 0 Å². The second-order valence-corrected chi connectivity index (χ2v) is 5.04. The van der Waals surface area contributed by atoms with Gasteiger partial charge in [0.1, 0.15) is 17.7 Å². The van der Waals surface area contributed by atoms with E-state index < -0.39 is 0 Å². The quantitative estimate of drug-likeness (QED) is 0.914. The molecule has 102 valence electrons. The largest absolute Gasteiger partial charge is 0.489 e. The molecule has 2 rings (SSSR count). The topological polar surface area (TPSA) is 53.1 Å². The Bertz CT molecular complexity index is 541. The summed E-state index contributed by atoms with van der Waals surface area (Å²) in [6.45, 7) is 1.95. The van der Waals surface area contributed by atoms with E-state index in [9.17, 15) is 0 Å². The van der Waals surface area contributed by atoms with Crippen molar-refractivity contribution in [2.45, 2.75) is 25.5 Å². The third kappa shape index (κ3) is 3.72. The second kappa shape index (κ2) is 6.08. The van der Waals surface area contributed by atoms with Gasteiger partial charge in [0.05, 0.1) is 0 Å². The Hall–Kier alpha value is -1.52. The third-order valence-electron chi connectivity index (χ3n) is 3.06. The van der Waals surface area contributed by atoms with Crippen LogP contribution in [-0.2, 0) is 13.5 Å². The van der Waals surface area contributed by atoms with Gasteiger partial charge in [-0.05, 0) is 25.1 Å². The molecule has 0 saturated heterocycles. The Morgan fingerprint density at radius 2 is 2.26 bits per heavy atom. The number of rotatable bonds is 5. The molecule has 0 spiro atoms. The predicted octanol–water partition coefficient (Wildman–Crippen LogP) is 2.41. The number of nitrogens with two attached hydrogens (primary N) is 1. The van der Waals surface area contributed by atoms with E-state index in [1.165, 1.54) is 0 Å². The molecule has 4 nitrogen and oxygen atoms in total. The minimum Gasteiger partial charge on any atom is -0.489 e. The first-order valence-corrected chi connectivity index (χ1v) is 6.58. The van der Waals surface area contributed by atoms with E-state index in [0.717, 1.165) is 11.6 Å². The lowest BCUT2D eigenvalue weighted by Gasteiger charge is -2.21. The zero-order valence-electron chi connectivity index (χ0n) is 11.1. The van der Waals surface area contributed by atoms with Gasteiger partial charge in [-0.15, -0.1) is 0 Å². The molecule has 1 aromatic carbocycles. The van der Waals surface area contributed by atoms with E-state index >= 15 is 0 Å². The SMILES string of the molecule is CC(Oc1cccc(Cl)c1)C(N)Cc1nccn1C. The fraction of sp³-hybridized carbons (Fsp3) is 0.357. The van der Waals surface area contributed by atoms with Crippen molar-refractivity contribution in [3.05, 3.63) is 47.5 Å². The zero-order valence-corrected chi connectivity index (χ0v) is 11.8. The van der Waals surface area contributed by atoms with Gasteiger partial charge in [-0.25, -0.2) is 4.98 Å². The number of benzene rings is 1. The standard InChI is InChI=1S/C14H18ClN3O/c1-10(19-12-5-3-4-11(15)8-12)13(16)9-14-17-6-7-18(14)2/h3-8,10,13H,9,16H2,1-2H3. The van der Waals surface area contributed by atoms with Crippen molar-refractivity contribution in [2.24, 2.45) is 12.8 Å². The van der Waals surface area contributed by atoms with Gasteiger partial charge in [0.25, 0.3) is 0 Å². The Balaban J connectivity index is 1.96. The molecule has 0 fully saturated rings. The van der Waals surface area contributed by atoms with Crippen LogP contribution in [0.2, 0.25) is 5.02 Å². The second-order valence-electron chi connectivity index (χ2n) is 4.60. The molecule has 2 unspecified atom stereocenters. The summed E-state index contributed by atoms with van der Waals surface area (Å²) in [7, 11) is 1.96. The van der Waals surface area contributed by atoms with Crippen LogP contribution in [0.25, 0.3) is 0 Å². The highest BCUT2D eigenvalue weighted by atomic mass is 35.5. The van der Waals surface area contributed by atoms with Gasteiger partial charge < -0.3 is 15.0 Å². The number of hydrogen-bond acceptors (Lipinski definition) is 3. The van der Waals surface area contributed by atoms with Crippen LogP contribution in [-0.4, -0.2) is 21.7 Å². The third-order valence-corrected chi connectivity index (χ3v) is 3.30. The minimum atomic E-state index is -0.125. The molecule has 1 heterocycles. The Labute approximate surface area is 118 Å². The Morgan fingerprint density at radius 3 is 2.89 bits per heavy atom. The first kappa shape index (κ1) is 13.9. The Kier molecular flexibility index (Phi) is 4.45. The summed E-state index contributed by atoms with van der Waals surface area (Å²) in [6, 6.07) is 7.20. The molecule has 0 aliphatic rings. The van der Waals surface area contributed by atoms with Crippen molar-refractivity contribution >= 4 is 11.6 Å². The number of imidazole rings is 1. The average Bonchev–Trinajstić information content (AvgIpc) is 2.75. The number of halogens is 1. The van der Waals surface area contributed by atoms with Gasteiger partial charge in [0.2, 0.25) is 0 Å². The van der Waals surface area contributed by atoms with Crippen LogP contribution in [0.15, 0.2) is 36.7 Å². The maximum absolute atomic E-state index is 6.15. The lowest BCUT2D eigenvalue weighted by Crippen LogP contribution is -2.39. The molecule has 0 saturated carbocycles. The van der Waals surface area contributed by atoms with E-state index in [0.29, 0.717) is 11.4 Å². The normalized spacial score (nSPS) is 14.1. The molecule has 0 aliphatic carbocycles. The summed E-state index contributed by atoms with van der Waals surface area (Å²) in [5, 5.41) is 0.655. The van der Waals surface area contributed by atoms with Crippen LogP contribution in [0.3, 0.4) is 0 Å². The van der Waals surface area contributed by atoms with E-state index in [-0.39, 0.29) is 12.1 Å². The van der Waals surface area contributed by atoms with Crippen molar-refractivity contribution in [1.82, 2.24) is 9.55 Å². The molecule has 19 heavy (non-hydrogen) atoms. The van der Waals surface area contributed by atoms with E-state index in [1.54, 1.807) is 12.3 Å². The summed E-state index contributed by atoms with van der Waals surface area (Å²) in [5.74, 6) is 1.68. The molecule has 0 amide bonds. The predicted molar refractivity (Wildman–Crippen MR) is 76.4 cm³/mol. The maximum atomic E-state index is 6.15. The van der Waals surface area contributed by atoms with Gasteiger partial charge in [0.15, 0.2) is 0 Å². The van der Waals surface area contributed by atoms with Crippen LogP contribution in [0.4, 0.5) is 0 Å². The number of hydrogen-bond donors (Lipinski definition) is 1. The first-order valence-electron chi connectivity index (χ1n) is 6.20. The number of nitrogens with zero attached hydrogens (tertiary/aromatic N) is 2. The summed E-state index contributed by atoms with van der Waals surface area (Å²) in [5.41, 5.74) is 6.15. The lowest BCUT2D eigenvalue weighted by atomic mass is 10.1. The molecular weight excluding hydrogens is 262 g/mol. The van der Waals surface area contributed by atoms with Crippen LogP contribution < -0.4 is 10.5 Å². The van der Waals surface area contributed by atoms with Crippen molar-refractivity contribution in [1.29, 1.82) is 0 Å². The molecule has 0 radical (unpaired) electrons. The fourth-order valence-electron chi connectivity index (χ4n) is 1.81. The smallest absolute Gasteiger partial charge is 0.121 e. The molecule has 0 aliphatic heterocycles. The van der Waals surface area contributed by atoms with Crippen molar-refractivity contribution < 1.29 is 4.74 Å². The highest BCUT2D eigenvalue weighted by Gasteiger charge is 2.17. The van der Waals surface area contributed by atoms with E-state index in [4.69, 9.17) is 22.1 Å². The van der Waals surface area contributed by atoms with Gasteiger partial charge in [-0.2, -0.15) is 0 Å². The number of ether oxygens (including phenoxy) is 1. The lowest BCUT2D eigenvalue weighted by molar-refractivity contribution is 0.187. The average molecular weight is 280 g/mol. The van der Waals surface area contributed by atoms with Crippen molar-refractivity contribution in [3.8, 4) is 5.75 Å². The van der Waals surface area contributed by atoms with Gasteiger partial charge >= 0.3 is 0 Å². The molecule has 5 heteroatoms. The summed E-state index contributed by atoms with van der Waals surface area (Å²) in [6.07, 6.45) is 4.23. The highest BCUT2D eigenvalue weighted by molar-refractivity contribution is 6.30. The van der Waals surface area contributed by atoms with Gasteiger partial charge in [-0.1, -0.05) is 17.7 Å².